The van der Waals surface area contributed by atoms with E-state index < -0.39 is 0 Å². The van der Waals surface area contributed by atoms with Crippen LogP contribution in [-0.2, 0) is 0 Å². The number of rotatable bonds is 4. The fourth-order valence-corrected chi connectivity index (χ4v) is 1.26. The Morgan fingerprint density at radius 2 is 1.92 bits per heavy atom. The smallest absolute Gasteiger partial charge is 0.00173 e. The van der Waals surface area contributed by atoms with Crippen molar-refractivity contribution >= 4 is 0 Å². The number of nitrogens with one attached hydrogen (secondary N) is 1. The number of hydrogen-bond acceptors (Lipinski definition) is 1. The largest absolute Gasteiger partial charge is 0.316 e. The van der Waals surface area contributed by atoms with E-state index in [1.54, 1.807) is 0 Å². The fourth-order valence-electron chi connectivity index (χ4n) is 1.26. The van der Waals surface area contributed by atoms with E-state index in [0.29, 0.717) is 5.92 Å². The van der Waals surface area contributed by atoms with Gasteiger partial charge in [-0.2, -0.15) is 0 Å². The summed E-state index contributed by atoms with van der Waals surface area (Å²) in [7, 11) is 0. The summed E-state index contributed by atoms with van der Waals surface area (Å²) in [6, 6.07) is 10.6. The minimum Gasteiger partial charge on any atom is -0.316 e. The topological polar surface area (TPSA) is 12.0 Å². The Hall–Kier alpha value is -0.820. The van der Waals surface area contributed by atoms with E-state index in [0.717, 1.165) is 13.1 Å². The van der Waals surface area contributed by atoms with Crippen molar-refractivity contribution in [3.8, 4) is 0 Å². The Morgan fingerprint density at radius 1 is 1.25 bits per heavy atom. The molecule has 1 aromatic rings. The molecule has 0 fully saturated rings. The average molecular weight is 163 g/mol. The van der Waals surface area contributed by atoms with Crippen LogP contribution in [0.15, 0.2) is 30.3 Å². The molecule has 0 radical (unpaired) electrons. The van der Waals surface area contributed by atoms with Crippen LogP contribution in [0.5, 0.6) is 0 Å². The molecule has 1 aromatic carbocycles. The monoisotopic (exact) mass is 163 g/mol. The summed E-state index contributed by atoms with van der Waals surface area (Å²) in [5, 5.41) is 3.35. The second-order valence-electron chi connectivity index (χ2n) is 3.12. The molecule has 1 rings (SSSR count). The first-order valence-electron chi connectivity index (χ1n) is 4.60. The molecule has 1 nitrogen and oxygen atoms in total. The highest BCUT2D eigenvalue weighted by atomic mass is 14.8. The fraction of sp³-hybridized carbons (Fsp3) is 0.455. The van der Waals surface area contributed by atoms with Gasteiger partial charge < -0.3 is 5.32 Å². The maximum atomic E-state index is 3.35. The van der Waals surface area contributed by atoms with Gasteiger partial charge in [-0.15, -0.1) is 0 Å². The molecule has 0 aliphatic carbocycles. The van der Waals surface area contributed by atoms with Gasteiger partial charge in [-0.25, -0.2) is 0 Å². The van der Waals surface area contributed by atoms with E-state index in [9.17, 15) is 0 Å². The Bertz CT molecular complexity index is 206. The predicted octanol–water partition coefficient (Wildman–Crippen LogP) is 2.40. The van der Waals surface area contributed by atoms with Gasteiger partial charge in [0.25, 0.3) is 0 Å². The van der Waals surface area contributed by atoms with Crippen LogP contribution in [0.25, 0.3) is 0 Å². The molecule has 1 N–H and O–H groups in total. The molecule has 0 spiro atoms. The molecule has 0 aliphatic heterocycles. The molecule has 1 heteroatoms. The highest BCUT2D eigenvalue weighted by Crippen LogP contribution is 2.12. The second kappa shape index (κ2) is 4.94. The van der Waals surface area contributed by atoms with Gasteiger partial charge in [0.2, 0.25) is 0 Å². The minimum absolute atomic E-state index is 0.617. The highest BCUT2D eigenvalue weighted by Gasteiger charge is 2.01. The molecule has 0 saturated carbocycles. The molecule has 0 aliphatic rings. The summed E-state index contributed by atoms with van der Waals surface area (Å²) >= 11 is 0. The van der Waals surface area contributed by atoms with Crippen LogP contribution < -0.4 is 5.32 Å². The van der Waals surface area contributed by atoms with Gasteiger partial charge in [0, 0.05) is 6.54 Å². The molecule has 0 aromatic heterocycles. The maximum absolute atomic E-state index is 3.35. The Kier molecular flexibility index (Phi) is 3.81. The molecular weight excluding hydrogens is 146 g/mol. The van der Waals surface area contributed by atoms with Gasteiger partial charge in [0.1, 0.15) is 0 Å². The summed E-state index contributed by atoms with van der Waals surface area (Å²) in [4.78, 5) is 0. The van der Waals surface area contributed by atoms with Crippen LogP contribution in [-0.4, -0.2) is 13.1 Å². The summed E-state index contributed by atoms with van der Waals surface area (Å²) in [6.45, 7) is 6.51. The Balaban J connectivity index is 2.48. The molecule has 0 bridgehead atoms. The first kappa shape index (κ1) is 9.27. The van der Waals surface area contributed by atoms with Crippen molar-refractivity contribution in [2.24, 2.45) is 0 Å². The normalized spacial score (nSPS) is 12.8. The zero-order chi connectivity index (χ0) is 8.81. The molecule has 1 atom stereocenters. The quantitative estimate of drug-likeness (QED) is 0.718. The summed E-state index contributed by atoms with van der Waals surface area (Å²) in [6.07, 6.45) is 0. The molecule has 1 unspecified atom stereocenters. The third-order valence-corrected chi connectivity index (χ3v) is 2.07. The van der Waals surface area contributed by atoms with E-state index in [2.05, 4.69) is 49.5 Å². The summed E-state index contributed by atoms with van der Waals surface area (Å²) in [5.41, 5.74) is 1.42. The summed E-state index contributed by atoms with van der Waals surface area (Å²) in [5.74, 6) is 0.617. The highest BCUT2D eigenvalue weighted by molar-refractivity contribution is 5.18. The van der Waals surface area contributed by atoms with Gasteiger partial charge in [-0.3, -0.25) is 0 Å². The third kappa shape index (κ3) is 2.67. The van der Waals surface area contributed by atoms with E-state index in [4.69, 9.17) is 0 Å². The van der Waals surface area contributed by atoms with Crippen LogP contribution >= 0.6 is 0 Å². The molecule has 0 amide bonds. The van der Waals surface area contributed by atoms with E-state index >= 15 is 0 Å². The molecule has 0 saturated heterocycles. The van der Waals surface area contributed by atoms with Gasteiger partial charge >= 0.3 is 0 Å². The van der Waals surface area contributed by atoms with E-state index in [-0.39, 0.29) is 0 Å². The Labute approximate surface area is 74.8 Å². The van der Waals surface area contributed by atoms with Gasteiger partial charge in [0.05, 0.1) is 0 Å². The first-order valence-corrected chi connectivity index (χ1v) is 4.60. The van der Waals surface area contributed by atoms with Crippen LogP contribution in [0, 0.1) is 0 Å². The molecule has 66 valence electrons. The lowest BCUT2D eigenvalue weighted by molar-refractivity contribution is 0.635. The number of benzene rings is 1. The standard InChI is InChI=1S/C11H17N/c1-3-12-9-10(2)11-7-5-4-6-8-11/h4-8,10,12H,3,9H2,1-2H3. The third-order valence-electron chi connectivity index (χ3n) is 2.07. The predicted molar refractivity (Wildman–Crippen MR) is 53.4 cm³/mol. The molecular formula is C11H17N. The van der Waals surface area contributed by atoms with Crippen molar-refractivity contribution in [3.05, 3.63) is 35.9 Å². The molecule has 0 heterocycles. The second-order valence-corrected chi connectivity index (χ2v) is 3.12. The van der Waals surface area contributed by atoms with Crippen molar-refractivity contribution in [2.75, 3.05) is 13.1 Å². The average Bonchev–Trinajstić information content (AvgIpc) is 2.15. The lowest BCUT2D eigenvalue weighted by Gasteiger charge is -2.11. The zero-order valence-corrected chi connectivity index (χ0v) is 7.88. The van der Waals surface area contributed by atoms with Gasteiger partial charge in [-0.05, 0) is 18.0 Å². The minimum atomic E-state index is 0.617. The Morgan fingerprint density at radius 3 is 2.50 bits per heavy atom. The van der Waals surface area contributed by atoms with E-state index in [1.807, 2.05) is 0 Å². The van der Waals surface area contributed by atoms with Crippen molar-refractivity contribution in [3.63, 3.8) is 0 Å². The van der Waals surface area contributed by atoms with Crippen LogP contribution in [0.1, 0.15) is 25.3 Å². The van der Waals surface area contributed by atoms with Crippen molar-refractivity contribution in [2.45, 2.75) is 19.8 Å². The number of likely N-dealkylation sites (N-methyl/N-ethyl adjacent to an activating group) is 1. The SMILES string of the molecule is CCNCC(C)c1ccccc1. The van der Waals surface area contributed by atoms with Gasteiger partial charge in [-0.1, -0.05) is 44.2 Å². The van der Waals surface area contributed by atoms with Crippen LogP contribution in [0.4, 0.5) is 0 Å². The summed E-state index contributed by atoms with van der Waals surface area (Å²) < 4.78 is 0. The van der Waals surface area contributed by atoms with Crippen LogP contribution in [0.3, 0.4) is 0 Å². The van der Waals surface area contributed by atoms with Crippen LogP contribution in [0.2, 0.25) is 0 Å². The van der Waals surface area contributed by atoms with E-state index in [1.165, 1.54) is 5.56 Å². The molecule has 12 heavy (non-hydrogen) atoms. The first-order chi connectivity index (χ1) is 5.84. The van der Waals surface area contributed by atoms with Crippen molar-refractivity contribution < 1.29 is 0 Å². The maximum Gasteiger partial charge on any atom is 0.00173 e. The lowest BCUT2D eigenvalue weighted by Crippen LogP contribution is -2.19. The van der Waals surface area contributed by atoms with Crippen molar-refractivity contribution in [1.82, 2.24) is 5.32 Å². The van der Waals surface area contributed by atoms with Crippen molar-refractivity contribution in [1.29, 1.82) is 0 Å². The lowest BCUT2D eigenvalue weighted by atomic mass is 10.0. The van der Waals surface area contributed by atoms with Gasteiger partial charge in [0.15, 0.2) is 0 Å². The zero-order valence-electron chi connectivity index (χ0n) is 7.88. The number of hydrogen-bond donors (Lipinski definition) is 1.